The second kappa shape index (κ2) is 9.58. The van der Waals surface area contributed by atoms with E-state index >= 15 is 0 Å². The molecule has 2 unspecified atom stereocenters. The number of halogens is 6. The first-order chi connectivity index (χ1) is 16.8. The zero-order valence-corrected chi connectivity index (χ0v) is 19.2. The predicted octanol–water partition coefficient (Wildman–Crippen LogP) is 3.11. The Kier molecular flexibility index (Phi) is 6.99. The van der Waals surface area contributed by atoms with Crippen LogP contribution in [0.5, 0.6) is 0 Å². The molecule has 0 saturated carbocycles. The van der Waals surface area contributed by atoms with Crippen molar-refractivity contribution < 1.29 is 41.8 Å². The first-order valence-electron chi connectivity index (χ1n) is 10.9. The lowest BCUT2D eigenvalue weighted by Crippen LogP contribution is -2.54. The Labute approximate surface area is 206 Å². The van der Waals surface area contributed by atoms with Crippen molar-refractivity contribution in [1.29, 1.82) is 0 Å². The van der Waals surface area contributed by atoms with Crippen LogP contribution in [-0.2, 0) is 30.0 Å². The molecule has 1 saturated heterocycles. The van der Waals surface area contributed by atoms with E-state index < -0.39 is 53.5 Å². The highest BCUT2D eigenvalue weighted by Crippen LogP contribution is 2.42. The molecule has 2 aliphatic heterocycles. The molecule has 2 aliphatic rings. The predicted molar refractivity (Wildman–Crippen MR) is 117 cm³/mol. The molecule has 4 rings (SSSR count). The number of carbonyl (C=O) groups excluding carboxylic acids is 2. The molecule has 2 aromatic carbocycles. The van der Waals surface area contributed by atoms with Gasteiger partial charge in [-0.1, -0.05) is 29.8 Å². The average Bonchev–Trinajstić information content (AvgIpc) is 3.12. The van der Waals surface area contributed by atoms with Crippen LogP contribution in [0.2, 0.25) is 5.02 Å². The van der Waals surface area contributed by atoms with Gasteiger partial charge in [-0.3, -0.25) is 14.9 Å². The standard InChI is InChI=1S/C23H21ClF5N3O4/c24-13-2-4-15(16(8-13)23(27,28)29)22(25,26)21(36)30-9-11-1-3-14-12(7-11)10-32(20(14)35)17-5-6-18(33)31-19(17)34/h1-4,7-8,17-18,21,30,33,36H,5-6,9-10H2,(H,31,34)/t17?,18?,21-/m1/s1. The molecule has 36 heavy (non-hydrogen) atoms. The van der Waals surface area contributed by atoms with Gasteiger partial charge in [-0.15, -0.1) is 0 Å². The maximum atomic E-state index is 14.8. The highest BCUT2D eigenvalue weighted by molar-refractivity contribution is 6.30. The van der Waals surface area contributed by atoms with Gasteiger partial charge in [-0.25, -0.2) is 0 Å². The van der Waals surface area contributed by atoms with Gasteiger partial charge >= 0.3 is 12.1 Å². The summed E-state index contributed by atoms with van der Waals surface area (Å²) in [6.45, 7) is -0.266. The first-order valence-corrected chi connectivity index (χ1v) is 11.2. The second-order valence-electron chi connectivity index (χ2n) is 8.64. The van der Waals surface area contributed by atoms with Gasteiger partial charge in [0.05, 0.1) is 5.56 Å². The molecular weight excluding hydrogens is 513 g/mol. The monoisotopic (exact) mass is 533 g/mol. The molecule has 7 nitrogen and oxygen atoms in total. The van der Waals surface area contributed by atoms with Gasteiger partial charge < -0.3 is 20.4 Å². The zero-order chi connectivity index (χ0) is 26.4. The van der Waals surface area contributed by atoms with E-state index in [2.05, 4.69) is 10.6 Å². The van der Waals surface area contributed by atoms with Crippen LogP contribution in [0.4, 0.5) is 22.0 Å². The number of rotatable bonds is 6. The minimum absolute atomic E-state index is 0.0780. The van der Waals surface area contributed by atoms with E-state index in [1.165, 1.54) is 23.1 Å². The van der Waals surface area contributed by atoms with Crippen LogP contribution in [0, 0.1) is 0 Å². The number of aliphatic hydroxyl groups is 2. The highest BCUT2D eigenvalue weighted by Gasteiger charge is 2.47. The van der Waals surface area contributed by atoms with Crippen LogP contribution < -0.4 is 10.6 Å². The Morgan fingerprint density at radius 3 is 2.47 bits per heavy atom. The molecule has 2 amide bonds. The van der Waals surface area contributed by atoms with Gasteiger partial charge in [0.15, 0.2) is 6.23 Å². The molecular formula is C23H21ClF5N3O4. The lowest BCUT2D eigenvalue weighted by atomic mass is 9.99. The summed E-state index contributed by atoms with van der Waals surface area (Å²) in [5.74, 6) is -5.18. The molecule has 0 bridgehead atoms. The van der Waals surface area contributed by atoms with Gasteiger partial charge in [-0.2, -0.15) is 22.0 Å². The number of nitrogens with zero attached hydrogens (tertiary/aromatic N) is 1. The molecule has 0 aromatic heterocycles. The average molecular weight is 534 g/mol. The molecule has 0 radical (unpaired) electrons. The van der Waals surface area contributed by atoms with E-state index in [-0.39, 0.29) is 31.0 Å². The van der Waals surface area contributed by atoms with Gasteiger partial charge in [0, 0.05) is 29.2 Å². The number of alkyl halides is 5. The fourth-order valence-electron chi connectivity index (χ4n) is 4.37. The van der Waals surface area contributed by atoms with Crippen LogP contribution in [0.25, 0.3) is 0 Å². The summed E-state index contributed by atoms with van der Waals surface area (Å²) in [5, 5.41) is 23.7. The van der Waals surface area contributed by atoms with Crippen molar-refractivity contribution in [3.05, 3.63) is 69.2 Å². The Hall–Kier alpha value is -2.80. The van der Waals surface area contributed by atoms with Crippen LogP contribution in [0.3, 0.4) is 0 Å². The van der Waals surface area contributed by atoms with E-state index in [9.17, 15) is 41.8 Å². The lowest BCUT2D eigenvalue weighted by molar-refractivity contribution is -0.155. The number of amides is 2. The topological polar surface area (TPSA) is 102 Å². The molecule has 194 valence electrons. The largest absolute Gasteiger partial charge is 0.416 e. The maximum absolute atomic E-state index is 14.8. The molecule has 4 N–H and O–H groups in total. The van der Waals surface area contributed by atoms with Gasteiger partial charge in [0.2, 0.25) is 5.91 Å². The third kappa shape index (κ3) is 5.03. The maximum Gasteiger partial charge on any atom is 0.416 e. The summed E-state index contributed by atoms with van der Waals surface area (Å²) in [7, 11) is 0. The number of hydrogen-bond acceptors (Lipinski definition) is 5. The number of hydrogen-bond donors (Lipinski definition) is 4. The van der Waals surface area contributed by atoms with Crippen LogP contribution in [-0.4, -0.2) is 45.4 Å². The van der Waals surface area contributed by atoms with Crippen molar-refractivity contribution in [2.24, 2.45) is 0 Å². The number of aliphatic hydroxyl groups excluding tert-OH is 2. The Morgan fingerprint density at radius 1 is 1.08 bits per heavy atom. The zero-order valence-electron chi connectivity index (χ0n) is 18.5. The third-order valence-corrected chi connectivity index (χ3v) is 6.43. The first kappa shape index (κ1) is 26.3. The number of nitrogens with one attached hydrogen (secondary N) is 2. The SMILES string of the molecule is O=C1NC(O)CCC1N1Cc2cc(CN[C@H](O)C(F)(F)c3ccc(Cl)cc3C(F)(F)F)ccc2C1=O. The summed E-state index contributed by atoms with van der Waals surface area (Å²) in [5.41, 5.74) is -1.85. The van der Waals surface area contributed by atoms with Crippen molar-refractivity contribution in [2.75, 3.05) is 0 Å². The van der Waals surface area contributed by atoms with Crippen LogP contribution in [0.1, 0.15) is 45.5 Å². The lowest BCUT2D eigenvalue weighted by Gasteiger charge is -2.32. The molecule has 1 fully saturated rings. The summed E-state index contributed by atoms with van der Waals surface area (Å²) in [6, 6.07) is 5.44. The van der Waals surface area contributed by atoms with E-state index in [0.29, 0.717) is 28.8 Å². The normalized spacial score (nSPS) is 21.4. The fraction of sp³-hybridized carbons (Fsp3) is 0.391. The molecule has 3 atom stereocenters. The van der Waals surface area contributed by atoms with E-state index in [1.54, 1.807) is 0 Å². The van der Waals surface area contributed by atoms with Crippen molar-refractivity contribution in [3.8, 4) is 0 Å². The summed E-state index contributed by atoms with van der Waals surface area (Å²) in [6.07, 6.45) is -8.21. The van der Waals surface area contributed by atoms with E-state index in [0.717, 1.165) is 6.07 Å². The highest BCUT2D eigenvalue weighted by atomic mass is 35.5. The Balaban J connectivity index is 1.47. The quantitative estimate of drug-likeness (QED) is 0.338. The van der Waals surface area contributed by atoms with Crippen molar-refractivity contribution in [1.82, 2.24) is 15.5 Å². The fourth-order valence-corrected chi connectivity index (χ4v) is 4.54. The second-order valence-corrected chi connectivity index (χ2v) is 9.07. The number of benzene rings is 2. The third-order valence-electron chi connectivity index (χ3n) is 6.19. The summed E-state index contributed by atoms with van der Waals surface area (Å²) >= 11 is 5.54. The molecule has 2 heterocycles. The Bertz CT molecular complexity index is 1190. The molecule has 0 spiro atoms. The van der Waals surface area contributed by atoms with Gasteiger partial charge in [0.25, 0.3) is 5.91 Å². The Morgan fingerprint density at radius 2 is 1.81 bits per heavy atom. The van der Waals surface area contributed by atoms with Crippen LogP contribution in [0.15, 0.2) is 36.4 Å². The van der Waals surface area contributed by atoms with Gasteiger partial charge in [-0.05, 0) is 42.2 Å². The van der Waals surface area contributed by atoms with E-state index in [4.69, 9.17) is 11.6 Å². The van der Waals surface area contributed by atoms with Crippen LogP contribution >= 0.6 is 11.6 Å². The van der Waals surface area contributed by atoms with Crippen molar-refractivity contribution in [2.45, 2.75) is 56.5 Å². The molecule has 2 aromatic rings. The van der Waals surface area contributed by atoms with Gasteiger partial charge in [0.1, 0.15) is 12.3 Å². The van der Waals surface area contributed by atoms with E-state index in [1.807, 2.05) is 0 Å². The van der Waals surface area contributed by atoms with Crippen molar-refractivity contribution >= 4 is 23.4 Å². The summed E-state index contributed by atoms with van der Waals surface area (Å²) < 4.78 is 69.4. The molecule has 13 heteroatoms. The summed E-state index contributed by atoms with van der Waals surface area (Å²) in [4.78, 5) is 26.3. The van der Waals surface area contributed by atoms with Crippen molar-refractivity contribution in [3.63, 3.8) is 0 Å². The molecule has 0 aliphatic carbocycles. The minimum atomic E-state index is -5.12. The smallest absolute Gasteiger partial charge is 0.374 e. The minimum Gasteiger partial charge on any atom is -0.374 e. The number of fused-ring (bicyclic) bond motifs is 1. The number of carbonyl (C=O) groups is 2. The number of piperidine rings is 1.